The van der Waals surface area contributed by atoms with Crippen LogP contribution in [0.4, 0.5) is 5.69 Å². The highest BCUT2D eigenvalue weighted by Crippen LogP contribution is 2.38. The molecule has 0 fully saturated rings. The van der Waals surface area contributed by atoms with Gasteiger partial charge < -0.3 is 20.2 Å². The molecule has 9 heteroatoms. The number of hydrogen-bond acceptors (Lipinski definition) is 7. The number of aliphatic hydroxyl groups excluding tert-OH is 1. The molecule has 0 bridgehead atoms. The average Bonchev–Trinajstić information content (AvgIpc) is 2.73. The summed E-state index contributed by atoms with van der Waals surface area (Å²) < 4.78 is 0. The molecule has 9 nitrogen and oxygen atoms in total. The number of phenolic OH excluding ortho intramolecular Hbond substituents is 2. The van der Waals surface area contributed by atoms with Crippen LogP contribution in [0.2, 0.25) is 0 Å². The van der Waals surface area contributed by atoms with Gasteiger partial charge in [0, 0.05) is 24.7 Å². The molecule has 1 amide bonds. The second-order valence-corrected chi connectivity index (χ2v) is 6.43. The number of carbonyl (C=O) groups excluding carboxylic acids is 1. The van der Waals surface area contributed by atoms with Gasteiger partial charge in [-0.05, 0) is 31.4 Å². The maximum absolute atomic E-state index is 12.8. The molecule has 0 atom stereocenters. The first kappa shape index (κ1) is 22.2. The minimum absolute atomic E-state index is 0.285. The number of hydrogen-bond donors (Lipinski definition) is 3. The van der Waals surface area contributed by atoms with E-state index in [1.165, 1.54) is 4.90 Å². The van der Waals surface area contributed by atoms with Crippen molar-refractivity contribution >= 4 is 17.4 Å². The SMILES string of the molecule is CCN(CCCc1ccccc1)C(=O)/C(C#N)=C(\O)c1cc(O)c(O)c([N+](=O)[O-])c1. The number of phenols is 2. The van der Waals surface area contributed by atoms with Crippen LogP contribution in [0.25, 0.3) is 5.76 Å². The molecule has 0 aliphatic rings. The molecule has 0 aliphatic carbocycles. The monoisotopic (exact) mass is 411 g/mol. The van der Waals surface area contributed by atoms with Crippen molar-refractivity contribution in [3.63, 3.8) is 0 Å². The molecule has 0 saturated heterocycles. The number of benzene rings is 2. The van der Waals surface area contributed by atoms with Crippen molar-refractivity contribution in [3.05, 3.63) is 69.3 Å². The number of carbonyl (C=O) groups is 1. The van der Waals surface area contributed by atoms with Crippen molar-refractivity contribution in [3.8, 4) is 17.6 Å². The quantitative estimate of drug-likeness (QED) is 0.151. The van der Waals surface area contributed by atoms with Gasteiger partial charge in [-0.2, -0.15) is 5.26 Å². The minimum Gasteiger partial charge on any atom is -0.506 e. The van der Waals surface area contributed by atoms with Crippen molar-refractivity contribution in [1.29, 1.82) is 5.26 Å². The van der Waals surface area contributed by atoms with Crippen LogP contribution in [0.3, 0.4) is 0 Å². The Balaban J connectivity index is 2.27. The molecule has 0 aromatic heterocycles. The van der Waals surface area contributed by atoms with Crippen LogP contribution in [0.5, 0.6) is 11.5 Å². The van der Waals surface area contributed by atoms with E-state index in [1.807, 2.05) is 30.3 Å². The highest BCUT2D eigenvalue weighted by Gasteiger charge is 2.25. The van der Waals surface area contributed by atoms with Crippen LogP contribution in [-0.4, -0.2) is 44.1 Å². The van der Waals surface area contributed by atoms with E-state index in [4.69, 9.17) is 0 Å². The van der Waals surface area contributed by atoms with Crippen LogP contribution < -0.4 is 0 Å². The van der Waals surface area contributed by atoms with Gasteiger partial charge in [-0.3, -0.25) is 14.9 Å². The van der Waals surface area contributed by atoms with Gasteiger partial charge in [-0.25, -0.2) is 0 Å². The second-order valence-electron chi connectivity index (χ2n) is 6.43. The third kappa shape index (κ3) is 5.05. The van der Waals surface area contributed by atoms with Crippen LogP contribution >= 0.6 is 0 Å². The smallest absolute Gasteiger partial charge is 0.315 e. The fourth-order valence-electron chi connectivity index (χ4n) is 2.91. The van der Waals surface area contributed by atoms with E-state index in [1.54, 1.807) is 13.0 Å². The van der Waals surface area contributed by atoms with E-state index < -0.39 is 39.3 Å². The molecule has 0 aliphatic heterocycles. The Morgan fingerprint density at radius 1 is 1.23 bits per heavy atom. The summed E-state index contributed by atoms with van der Waals surface area (Å²) in [6, 6.07) is 12.9. The Hall–Kier alpha value is -4.06. The Morgan fingerprint density at radius 3 is 2.47 bits per heavy atom. The number of nitro benzene ring substituents is 1. The van der Waals surface area contributed by atoms with Gasteiger partial charge in [0.2, 0.25) is 5.75 Å². The Labute approximate surface area is 172 Å². The predicted molar refractivity (Wildman–Crippen MR) is 109 cm³/mol. The molecule has 2 aromatic carbocycles. The van der Waals surface area contributed by atoms with E-state index in [0.29, 0.717) is 13.0 Å². The zero-order chi connectivity index (χ0) is 22.3. The molecule has 0 radical (unpaired) electrons. The van der Waals surface area contributed by atoms with Gasteiger partial charge in [-0.15, -0.1) is 0 Å². The maximum atomic E-state index is 12.8. The standard InChI is InChI=1S/C21H21N3O6/c1-2-23(10-6-9-14-7-4-3-5-8-14)21(28)16(13-22)19(26)15-11-17(24(29)30)20(27)18(25)12-15/h3-5,7-8,11-12,25-27H,2,6,9-10H2,1H3/b19-16-. The number of nitro groups is 1. The number of nitrogens with zero attached hydrogens (tertiary/aromatic N) is 3. The zero-order valence-electron chi connectivity index (χ0n) is 16.3. The van der Waals surface area contributed by atoms with Crippen molar-refractivity contribution in [1.82, 2.24) is 4.90 Å². The first-order chi connectivity index (χ1) is 14.3. The fourth-order valence-corrected chi connectivity index (χ4v) is 2.91. The minimum atomic E-state index is -0.975. The van der Waals surface area contributed by atoms with E-state index in [2.05, 4.69) is 0 Å². The highest BCUT2D eigenvalue weighted by atomic mass is 16.6. The topological polar surface area (TPSA) is 148 Å². The molecular formula is C21H21N3O6. The van der Waals surface area contributed by atoms with Crippen molar-refractivity contribution in [2.75, 3.05) is 13.1 Å². The summed E-state index contributed by atoms with van der Waals surface area (Å²) in [6.45, 7) is 2.35. The van der Waals surface area contributed by atoms with Crippen molar-refractivity contribution in [2.45, 2.75) is 19.8 Å². The fraction of sp³-hybridized carbons (Fsp3) is 0.238. The largest absolute Gasteiger partial charge is 0.506 e. The molecule has 0 heterocycles. The van der Waals surface area contributed by atoms with Crippen LogP contribution in [0.15, 0.2) is 48.0 Å². The molecule has 2 aromatic rings. The summed E-state index contributed by atoms with van der Waals surface area (Å²) >= 11 is 0. The lowest BCUT2D eigenvalue weighted by Gasteiger charge is -2.21. The number of likely N-dealkylation sites (N-methyl/N-ethyl adjacent to an activating group) is 1. The van der Waals surface area contributed by atoms with E-state index in [-0.39, 0.29) is 12.1 Å². The number of aliphatic hydroxyl groups is 1. The van der Waals surface area contributed by atoms with E-state index >= 15 is 0 Å². The molecule has 0 unspecified atom stereocenters. The first-order valence-electron chi connectivity index (χ1n) is 9.17. The Morgan fingerprint density at radius 2 is 1.90 bits per heavy atom. The number of aromatic hydroxyl groups is 2. The normalized spacial score (nSPS) is 11.3. The number of nitriles is 1. The van der Waals surface area contributed by atoms with E-state index in [0.717, 1.165) is 24.1 Å². The molecule has 2 rings (SSSR count). The lowest BCUT2D eigenvalue weighted by atomic mass is 10.1. The van der Waals surface area contributed by atoms with Gasteiger partial charge >= 0.3 is 5.69 Å². The summed E-state index contributed by atoms with van der Waals surface area (Å²) in [6.07, 6.45) is 1.36. The van der Waals surface area contributed by atoms with Crippen molar-refractivity contribution < 1.29 is 25.0 Å². The lowest BCUT2D eigenvalue weighted by Crippen LogP contribution is -2.33. The Bertz CT molecular complexity index is 1010. The second kappa shape index (κ2) is 9.93. The highest BCUT2D eigenvalue weighted by molar-refractivity contribution is 6.03. The number of amides is 1. The summed E-state index contributed by atoms with van der Waals surface area (Å²) in [5.41, 5.74) is -0.707. The molecule has 156 valence electrons. The van der Waals surface area contributed by atoms with Gasteiger partial charge in [0.1, 0.15) is 11.8 Å². The molecule has 30 heavy (non-hydrogen) atoms. The zero-order valence-corrected chi connectivity index (χ0v) is 16.3. The summed E-state index contributed by atoms with van der Waals surface area (Å²) in [5.74, 6) is -3.38. The van der Waals surface area contributed by atoms with E-state index in [9.17, 15) is 35.5 Å². The van der Waals surface area contributed by atoms with Crippen LogP contribution in [-0.2, 0) is 11.2 Å². The Kier molecular flexibility index (Phi) is 7.36. The third-order valence-corrected chi connectivity index (χ3v) is 4.51. The van der Waals surface area contributed by atoms with Crippen molar-refractivity contribution in [2.24, 2.45) is 0 Å². The molecule has 0 saturated carbocycles. The van der Waals surface area contributed by atoms with Gasteiger partial charge in [0.15, 0.2) is 11.3 Å². The molecule has 3 N–H and O–H groups in total. The maximum Gasteiger partial charge on any atom is 0.315 e. The van der Waals surface area contributed by atoms with Gasteiger partial charge in [-0.1, -0.05) is 30.3 Å². The predicted octanol–water partition coefficient (Wildman–Crippen LogP) is 3.28. The summed E-state index contributed by atoms with van der Waals surface area (Å²) in [4.78, 5) is 24.2. The average molecular weight is 411 g/mol. The van der Waals surface area contributed by atoms with Crippen LogP contribution in [0, 0.1) is 21.4 Å². The number of rotatable bonds is 8. The van der Waals surface area contributed by atoms with Gasteiger partial charge in [0.05, 0.1) is 4.92 Å². The summed E-state index contributed by atoms with van der Waals surface area (Å²) in [5, 5.41) is 50.1. The lowest BCUT2D eigenvalue weighted by molar-refractivity contribution is -0.386. The molecular weight excluding hydrogens is 390 g/mol. The first-order valence-corrected chi connectivity index (χ1v) is 9.17. The molecule has 0 spiro atoms. The van der Waals surface area contributed by atoms with Gasteiger partial charge in [0.25, 0.3) is 5.91 Å². The number of aryl methyl sites for hydroxylation is 1. The summed E-state index contributed by atoms with van der Waals surface area (Å²) in [7, 11) is 0. The third-order valence-electron chi connectivity index (χ3n) is 4.51. The van der Waals surface area contributed by atoms with Crippen LogP contribution in [0.1, 0.15) is 24.5 Å².